The fraction of sp³-hybridized carbons (Fsp3) is 0.435. The highest BCUT2D eigenvalue weighted by atomic mass is 16.2. The van der Waals surface area contributed by atoms with Crippen molar-refractivity contribution >= 4 is 5.91 Å². The Hall–Kier alpha value is -2.13. The molecule has 26 heavy (non-hydrogen) atoms. The molecule has 1 fully saturated rings. The quantitative estimate of drug-likeness (QED) is 0.817. The number of aryl methyl sites for hydroxylation is 1. The van der Waals surface area contributed by atoms with E-state index in [1.807, 2.05) is 12.1 Å². The third kappa shape index (κ3) is 5.70. The topological polar surface area (TPSA) is 32.3 Å². The lowest BCUT2D eigenvalue weighted by Crippen LogP contribution is -2.45. The summed E-state index contributed by atoms with van der Waals surface area (Å²) in [5.41, 5.74) is 2.66. The van der Waals surface area contributed by atoms with Crippen LogP contribution in [0.1, 0.15) is 37.3 Å². The van der Waals surface area contributed by atoms with Gasteiger partial charge in [0.05, 0.1) is 5.92 Å². The number of carbonyl (C=O) groups is 1. The minimum Gasteiger partial charge on any atom is -0.353 e. The maximum atomic E-state index is 12.7. The molecule has 1 heterocycles. The molecule has 1 N–H and O–H groups in total. The van der Waals surface area contributed by atoms with E-state index in [0.29, 0.717) is 0 Å². The maximum absolute atomic E-state index is 12.7. The van der Waals surface area contributed by atoms with Gasteiger partial charge in [-0.25, -0.2) is 0 Å². The van der Waals surface area contributed by atoms with E-state index in [-0.39, 0.29) is 17.9 Å². The summed E-state index contributed by atoms with van der Waals surface area (Å²) in [4.78, 5) is 15.1. The van der Waals surface area contributed by atoms with Gasteiger partial charge in [-0.05, 0) is 50.3 Å². The molecule has 0 radical (unpaired) electrons. The van der Waals surface area contributed by atoms with E-state index in [9.17, 15) is 4.79 Å². The molecule has 1 aliphatic heterocycles. The number of hydrogen-bond donors (Lipinski definition) is 1. The molecule has 3 heteroatoms. The summed E-state index contributed by atoms with van der Waals surface area (Å²) >= 11 is 0. The molecule has 2 aromatic rings. The summed E-state index contributed by atoms with van der Waals surface area (Å²) in [7, 11) is 0. The van der Waals surface area contributed by atoms with Crippen LogP contribution in [0.5, 0.6) is 0 Å². The maximum Gasteiger partial charge on any atom is 0.224 e. The summed E-state index contributed by atoms with van der Waals surface area (Å²) in [5, 5.41) is 3.24. The number of nitrogens with zero attached hydrogens (tertiary/aromatic N) is 1. The largest absolute Gasteiger partial charge is 0.353 e. The molecular weight excluding hydrogens is 320 g/mol. The fourth-order valence-electron chi connectivity index (χ4n) is 3.72. The standard InChI is InChI=1S/C23H30N2O/c1-19(14-15-20-9-4-2-5-10-20)24-23(26)22-13-8-16-25(18-22)17-21-11-6-3-7-12-21/h2-7,9-12,19,22H,8,13-18H2,1H3,(H,24,26)/t19-,22-/m1/s1. The minimum absolute atomic E-state index is 0.117. The van der Waals surface area contributed by atoms with Crippen molar-refractivity contribution < 1.29 is 4.79 Å². The molecule has 3 nitrogen and oxygen atoms in total. The summed E-state index contributed by atoms with van der Waals surface area (Å²) in [6.07, 6.45) is 4.09. The highest BCUT2D eigenvalue weighted by molar-refractivity contribution is 5.79. The number of amides is 1. The molecule has 138 valence electrons. The van der Waals surface area contributed by atoms with Crippen LogP contribution in [0.25, 0.3) is 0 Å². The Morgan fingerprint density at radius 2 is 1.73 bits per heavy atom. The molecule has 0 aliphatic carbocycles. The molecule has 1 saturated heterocycles. The Balaban J connectivity index is 1.44. The van der Waals surface area contributed by atoms with Crippen molar-refractivity contribution in [2.45, 2.75) is 45.2 Å². The van der Waals surface area contributed by atoms with E-state index in [4.69, 9.17) is 0 Å². The van der Waals surface area contributed by atoms with Gasteiger partial charge < -0.3 is 5.32 Å². The summed E-state index contributed by atoms with van der Waals surface area (Å²) in [5.74, 6) is 0.343. The van der Waals surface area contributed by atoms with Crippen molar-refractivity contribution in [3.8, 4) is 0 Å². The van der Waals surface area contributed by atoms with Crippen LogP contribution in [0.3, 0.4) is 0 Å². The Kier molecular flexibility index (Phi) is 6.84. The van der Waals surface area contributed by atoms with Crippen LogP contribution in [0.15, 0.2) is 60.7 Å². The molecular formula is C23H30N2O. The van der Waals surface area contributed by atoms with Gasteiger partial charge in [0.15, 0.2) is 0 Å². The van der Waals surface area contributed by atoms with E-state index in [0.717, 1.165) is 45.3 Å². The molecule has 1 aliphatic rings. The molecule has 0 unspecified atom stereocenters. The van der Waals surface area contributed by atoms with Crippen molar-refractivity contribution in [1.82, 2.24) is 10.2 Å². The van der Waals surface area contributed by atoms with Crippen molar-refractivity contribution in [3.63, 3.8) is 0 Å². The number of likely N-dealkylation sites (tertiary alicyclic amines) is 1. The highest BCUT2D eigenvalue weighted by Crippen LogP contribution is 2.19. The zero-order chi connectivity index (χ0) is 18.2. The Bertz CT molecular complexity index is 671. The van der Waals surface area contributed by atoms with E-state index in [1.54, 1.807) is 0 Å². The van der Waals surface area contributed by atoms with Gasteiger partial charge >= 0.3 is 0 Å². The van der Waals surface area contributed by atoms with Crippen LogP contribution in [-0.4, -0.2) is 29.9 Å². The molecule has 2 aromatic carbocycles. The van der Waals surface area contributed by atoms with Gasteiger partial charge in [0, 0.05) is 19.1 Å². The first kappa shape index (κ1) is 18.7. The average Bonchev–Trinajstić information content (AvgIpc) is 2.68. The number of carbonyl (C=O) groups excluding carboxylic acids is 1. The van der Waals surface area contributed by atoms with Gasteiger partial charge in [0.25, 0.3) is 0 Å². The van der Waals surface area contributed by atoms with Crippen molar-refractivity contribution in [1.29, 1.82) is 0 Å². The van der Waals surface area contributed by atoms with Crippen LogP contribution < -0.4 is 5.32 Å². The van der Waals surface area contributed by atoms with Crippen LogP contribution in [0, 0.1) is 5.92 Å². The van der Waals surface area contributed by atoms with E-state index >= 15 is 0 Å². The lowest BCUT2D eigenvalue weighted by atomic mass is 9.96. The SMILES string of the molecule is C[C@H](CCc1ccccc1)NC(=O)[C@@H]1CCCN(Cc2ccccc2)C1. The third-order valence-corrected chi connectivity index (χ3v) is 5.22. The van der Waals surface area contributed by atoms with Crippen molar-refractivity contribution in [3.05, 3.63) is 71.8 Å². The Labute approximate surface area is 157 Å². The third-order valence-electron chi connectivity index (χ3n) is 5.22. The van der Waals surface area contributed by atoms with Gasteiger partial charge in [-0.3, -0.25) is 9.69 Å². The normalized spacial score (nSPS) is 19.0. The molecule has 0 saturated carbocycles. The van der Waals surface area contributed by atoms with Gasteiger partial charge in [-0.2, -0.15) is 0 Å². The van der Waals surface area contributed by atoms with E-state index < -0.39 is 0 Å². The Morgan fingerprint density at radius 1 is 1.08 bits per heavy atom. The summed E-state index contributed by atoms with van der Waals surface area (Å²) in [6, 6.07) is 21.2. The van der Waals surface area contributed by atoms with Gasteiger partial charge in [0.1, 0.15) is 0 Å². The van der Waals surface area contributed by atoms with Crippen LogP contribution in [0.4, 0.5) is 0 Å². The van der Waals surface area contributed by atoms with Crippen molar-refractivity contribution in [2.24, 2.45) is 5.92 Å². The number of hydrogen-bond acceptors (Lipinski definition) is 2. The van der Waals surface area contributed by atoms with Gasteiger partial charge in [0.2, 0.25) is 5.91 Å². The lowest BCUT2D eigenvalue weighted by molar-refractivity contribution is -0.127. The first-order chi connectivity index (χ1) is 12.7. The zero-order valence-electron chi connectivity index (χ0n) is 15.7. The second-order valence-corrected chi connectivity index (χ2v) is 7.49. The smallest absolute Gasteiger partial charge is 0.224 e. The lowest BCUT2D eigenvalue weighted by Gasteiger charge is -2.32. The van der Waals surface area contributed by atoms with Crippen molar-refractivity contribution in [2.75, 3.05) is 13.1 Å². The average molecular weight is 351 g/mol. The fourth-order valence-corrected chi connectivity index (χ4v) is 3.72. The van der Waals surface area contributed by atoms with E-state index in [1.165, 1.54) is 11.1 Å². The number of benzene rings is 2. The summed E-state index contributed by atoms with van der Waals surface area (Å²) < 4.78 is 0. The molecule has 0 bridgehead atoms. The number of nitrogens with one attached hydrogen (secondary N) is 1. The zero-order valence-corrected chi connectivity index (χ0v) is 15.7. The van der Waals surface area contributed by atoms with Crippen LogP contribution >= 0.6 is 0 Å². The molecule has 0 spiro atoms. The van der Waals surface area contributed by atoms with Crippen LogP contribution in [-0.2, 0) is 17.8 Å². The first-order valence-electron chi connectivity index (χ1n) is 9.81. The highest BCUT2D eigenvalue weighted by Gasteiger charge is 2.26. The minimum atomic E-state index is 0.117. The predicted octanol–water partition coefficient (Wildman–Crippen LogP) is 4.04. The van der Waals surface area contributed by atoms with E-state index in [2.05, 4.69) is 65.7 Å². The molecule has 1 amide bonds. The number of piperidine rings is 1. The number of rotatable bonds is 7. The molecule has 3 rings (SSSR count). The second-order valence-electron chi connectivity index (χ2n) is 7.49. The molecule has 2 atom stereocenters. The second kappa shape index (κ2) is 9.54. The molecule has 0 aromatic heterocycles. The summed E-state index contributed by atoms with van der Waals surface area (Å²) in [6.45, 7) is 5.01. The first-order valence-corrected chi connectivity index (χ1v) is 9.81. The predicted molar refractivity (Wildman–Crippen MR) is 107 cm³/mol. The van der Waals surface area contributed by atoms with Gasteiger partial charge in [-0.1, -0.05) is 60.7 Å². The van der Waals surface area contributed by atoms with Crippen LogP contribution in [0.2, 0.25) is 0 Å². The van der Waals surface area contributed by atoms with Gasteiger partial charge in [-0.15, -0.1) is 0 Å². The Morgan fingerprint density at radius 3 is 2.42 bits per heavy atom. The monoisotopic (exact) mass is 350 g/mol.